The smallest absolute Gasteiger partial charge is 0.334 e. The predicted octanol–water partition coefficient (Wildman–Crippen LogP) is -0.0327. The molecule has 98 valence electrons. The van der Waals surface area contributed by atoms with E-state index in [0.717, 1.165) is 0 Å². The van der Waals surface area contributed by atoms with Gasteiger partial charge in [-0.05, 0) is 0 Å². The lowest BCUT2D eigenvalue weighted by Crippen LogP contribution is -2.50. The fourth-order valence-electron chi connectivity index (χ4n) is 1.73. The molecule has 6 nitrogen and oxygen atoms in total. The highest BCUT2D eigenvalue weighted by Gasteiger charge is 2.26. The first-order chi connectivity index (χ1) is 7.90. The van der Waals surface area contributed by atoms with Crippen LogP contribution < -0.4 is 5.32 Å². The molecule has 0 aromatic rings. The first-order valence-electron chi connectivity index (χ1n) is 5.49. The Bertz CT molecular complexity index is 290. The van der Waals surface area contributed by atoms with Crippen LogP contribution in [0.1, 0.15) is 13.8 Å². The molecule has 1 saturated heterocycles. The summed E-state index contributed by atoms with van der Waals surface area (Å²) >= 11 is 1.83. The minimum Gasteiger partial charge on any atom is -0.479 e. The van der Waals surface area contributed by atoms with Crippen LogP contribution in [0.4, 0.5) is 4.79 Å². The van der Waals surface area contributed by atoms with Crippen LogP contribution in [0.3, 0.4) is 0 Å². The minimum absolute atomic E-state index is 0.263. The summed E-state index contributed by atoms with van der Waals surface area (Å²) in [5.74, 6) is -1.33. The second-order valence-electron chi connectivity index (χ2n) is 4.20. The third-order valence-electron chi connectivity index (χ3n) is 2.44. The number of hydrogen-bond donors (Lipinski definition) is 3. The second kappa shape index (κ2) is 6.11. The van der Waals surface area contributed by atoms with Gasteiger partial charge in [-0.1, -0.05) is 13.8 Å². The van der Waals surface area contributed by atoms with Crippen LogP contribution in [-0.2, 0) is 4.79 Å². The molecule has 17 heavy (non-hydrogen) atoms. The monoisotopic (exact) mass is 262 g/mol. The first kappa shape index (κ1) is 14.1. The number of carboxylic acids is 1. The molecule has 0 aliphatic carbocycles. The van der Waals surface area contributed by atoms with E-state index in [-0.39, 0.29) is 12.6 Å². The number of hydrogen-bond acceptors (Lipinski definition) is 4. The van der Waals surface area contributed by atoms with E-state index in [1.807, 2.05) is 25.6 Å². The fourth-order valence-corrected chi connectivity index (χ4v) is 3.05. The number of carboxylic acid groups (broad SMARTS) is 1. The van der Waals surface area contributed by atoms with Crippen LogP contribution in [0.5, 0.6) is 0 Å². The molecule has 1 rings (SSSR count). The average molecular weight is 262 g/mol. The van der Waals surface area contributed by atoms with Gasteiger partial charge in [-0.25, -0.2) is 9.59 Å². The van der Waals surface area contributed by atoms with E-state index in [1.54, 1.807) is 4.90 Å². The number of nitrogens with zero attached hydrogens (tertiary/aromatic N) is 1. The number of rotatable bonds is 3. The SMILES string of the molecule is CC1CN(C(=O)NCC(O)C(=O)O)CC(C)S1. The maximum Gasteiger partial charge on any atom is 0.334 e. The molecule has 7 heteroatoms. The van der Waals surface area contributed by atoms with E-state index < -0.39 is 12.1 Å². The molecule has 3 N–H and O–H groups in total. The minimum atomic E-state index is -1.55. The average Bonchev–Trinajstić information content (AvgIpc) is 2.23. The van der Waals surface area contributed by atoms with Crippen LogP contribution in [0, 0.1) is 0 Å². The zero-order chi connectivity index (χ0) is 13.0. The maximum atomic E-state index is 11.7. The number of carbonyl (C=O) groups excluding carboxylic acids is 1. The van der Waals surface area contributed by atoms with Crippen molar-refractivity contribution in [3.8, 4) is 0 Å². The Morgan fingerprint density at radius 2 is 1.94 bits per heavy atom. The molecular formula is C10H18N2O4S. The molecule has 0 radical (unpaired) electrons. The molecule has 0 saturated carbocycles. The van der Waals surface area contributed by atoms with Crippen molar-refractivity contribution in [3.05, 3.63) is 0 Å². The van der Waals surface area contributed by atoms with Crippen LogP contribution in [0.25, 0.3) is 0 Å². The van der Waals surface area contributed by atoms with E-state index in [0.29, 0.717) is 23.6 Å². The Hall–Kier alpha value is -0.950. The number of aliphatic carboxylic acids is 1. The Labute approximate surface area is 104 Å². The lowest BCUT2D eigenvalue weighted by Gasteiger charge is -2.34. The highest BCUT2D eigenvalue weighted by Crippen LogP contribution is 2.24. The molecule has 3 unspecified atom stereocenters. The van der Waals surface area contributed by atoms with Crippen molar-refractivity contribution in [2.24, 2.45) is 0 Å². The molecule has 0 spiro atoms. The van der Waals surface area contributed by atoms with Gasteiger partial charge in [0.1, 0.15) is 0 Å². The number of amides is 2. The van der Waals surface area contributed by atoms with Gasteiger partial charge in [-0.2, -0.15) is 11.8 Å². The highest BCUT2D eigenvalue weighted by atomic mass is 32.2. The molecule has 1 aliphatic rings. The Morgan fingerprint density at radius 3 is 2.41 bits per heavy atom. The number of carbonyl (C=O) groups is 2. The third kappa shape index (κ3) is 4.43. The van der Waals surface area contributed by atoms with Crippen molar-refractivity contribution < 1.29 is 19.8 Å². The van der Waals surface area contributed by atoms with E-state index in [9.17, 15) is 9.59 Å². The Morgan fingerprint density at radius 1 is 1.41 bits per heavy atom. The second-order valence-corrected chi connectivity index (χ2v) is 6.08. The molecule has 1 fully saturated rings. The van der Waals surface area contributed by atoms with Crippen molar-refractivity contribution in [2.75, 3.05) is 19.6 Å². The van der Waals surface area contributed by atoms with Crippen molar-refractivity contribution in [1.29, 1.82) is 0 Å². The van der Waals surface area contributed by atoms with Gasteiger partial charge in [0.25, 0.3) is 0 Å². The van der Waals surface area contributed by atoms with Crippen molar-refractivity contribution >= 4 is 23.8 Å². The summed E-state index contributed by atoms with van der Waals surface area (Å²) in [7, 11) is 0. The van der Waals surface area contributed by atoms with E-state index >= 15 is 0 Å². The summed E-state index contributed by atoms with van der Waals surface area (Å²) in [6.07, 6.45) is -1.55. The van der Waals surface area contributed by atoms with E-state index in [1.165, 1.54) is 0 Å². The third-order valence-corrected chi connectivity index (χ3v) is 3.67. The summed E-state index contributed by atoms with van der Waals surface area (Å²) in [6, 6.07) is -0.315. The first-order valence-corrected chi connectivity index (χ1v) is 6.43. The molecule has 1 aliphatic heterocycles. The summed E-state index contributed by atoms with van der Waals surface area (Å²) in [4.78, 5) is 23.7. The Balaban J connectivity index is 2.39. The number of thioether (sulfide) groups is 1. The van der Waals surface area contributed by atoms with Gasteiger partial charge in [-0.3, -0.25) is 0 Å². The fraction of sp³-hybridized carbons (Fsp3) is 0.800. The summed E-state index contributed by atoms with van der Waals surface area (Å²) in [5, 5.41) is 20.7. The molecule has 1 heterocycles. The number of nitrogens with one attached hydrogen (secondary N) is 1. The van der Waals surface area contributed by atoms with Crippen molar-refractivity contribution in [3.63, 3.8) is 0 Å². The zero-order valence-corrected chi connectivity index (χ0v) is 10.7. The van der Waals surface area contributed by atoms with Crippen molar-refractivity contribution in [2.45, 2.75) is 30.5 Å². The zero-order valence-electron chi connectivity index (χ0n) is 9.92. The van der Waals surface area contributed by atoms with Crippen LogP contribution >= 0.6 is 11.8 Å². The van der Waals surface area contributed by atoms with E-state index in [2.05, 4.69) is 5.32 Å². The van der Waals surface area contributed by atoms with Gasteiger partial charge in [0.15, 0.2) is 6.10 Å². The standard InChI is InChI=1S/C10H18N2O4S/c1-6-4-12(5-7(2)17-6)10(16)11-3-8(13)9(14)15/h6-8,13H,3-5H2,1-2H3,(H,11,16)(H,14,15). The number of aliphatic hydroxyl groups is 1. The lowest BCUT2D eigenvalue weighted by atomic mass is 10.3. The van der Waals surface area contributed by atoms with E-state index in [4.69, 9.17) is 10.2 Å². The number of urea groups is 1. The topological polar surface area (TPSA) is 89.9 Å². The highest BCUT2D eigenvalue weighted by molar-refractivity contribution is 8.00. The van der Waals surface area contributed by atoms with Gasteiger partial charge in [0.05, 0.1) is 6.54 Å². The molecule has 0 bridgehead atoms. The van der Waals surface area contributed by atoms with Gasteiger partial charge in [0, 0.05) is 23.6 Å². The van der Waals surface area contributed by atoms with Crippen molar-refractivity contribution in [1.82, 2.24) is 10.2 Å². The normalized spacial score (nSPS) is 26.4. The van der Waals surface area contributed by atoms with Crippen LogP contribution in [0.2, 0.25) is 0 Å². The number of aliphatic hydroxyl groups excluding tert-OH is 1. The maximum absolute atomic E-state index is 11.7. The molecular weight excluding hydrogens is 244 g/mol. The summed E-state index contributed by atoms with van der Waals surface area (Å²) < 4.78 is 0. The molecule has 3 atom stereocenters. The molecule has 2 amide bonds. The van der Waals surface area contributed by atoms with Gasteiger partial charge in [-0.15, -0.1) is 0 Å². The lowest BCUT2D eigenvalue weighted by molar-refractivity contribution is -0.146. The predicted molar refractivity (Wildman–Crippen MR) is 65.1 cm³/mol. The van der Waals surface area contributed by atoms with Crippen LogP contribution in [-0.4, -0.2) is 63.4 Å². The largest absolute Gasteiger partial charge is 0.479 e. The summed E-state index contributed by atoms with van der Waals surface area (Å²) in [6.45, 7) is 5.12. The summed E-state index contributed by atoms with van der Waals surface area (Å²) in [5.41, 5.74) is 0. The molecule has 0 aromatic heterocycles. The molecule has 0 aromatic carbocycles. The van der Waals surface area contributed by atoms with Gasteiger partial charge in [0.2, 0.25) is 0 Å². The van der Waals surface area contributed by atoms with Gasteiger partial charge < -0.3 is 20.4 Å². The van der Waals surface area contributed by atoms with Gasteiger partial charge >= 0.3 is 12.0 Å². The van der Waals surface area contributed by atoms with Crippen LogP contribution in [0.15, 0.2) is 0 Å². The Kier molecular flexibility index (Phi) is 5.07. The quantitative estimate of drug-likeness (QED) is 0.664.